The molecule has 0 atom stereocenters. The Bertz CT molecular complexity index is 884. The summed E-state index contributed by atoms with van der Waals surface area (Å²) in [6.45, 7) is 5.89. The molecule has 3 amide bonds. The number of likely N-dealkylation sites (N-methyl/N-ethyl adjacent to an activating group) is 1. The standard InChI is InChI=1S/C21H25ClN4O3/c1-4-26(13-21(29)25-18-6-5-14(2)19(22)11-18)12-20(28)24-17-9-7-16(8-10-17)23-15(3)27/h5-11H,4,12-13H2,1-3H3,(H,23,27)(H,24,28)(H,25,29). The van der Waals surface area contributed by atoms with Crippen LogP contribution in [0.15, 0.2) is 42.5 Å². The zero-order chi connectivity index (χ0) is 21.4. The summed E-state index contributed by atoms with van der Waals surface area (Å²) in [5.74, 6) is -0.615. The third-order valence-corrected chi connectivity index (χ3v) is 4.53. The number of nitrogens with one attached hydrogen (secondary N) is 3. The molecular formula is C21H25ClN4O3. The smallest absolute Gasteiger partial charge is 0.238 e. The molecule has 154 valence electrons. The topological polar surface area (TPSA) is 90.5 Å². The van der Waals surface area contributed by atoms with Gasteiger partial charge in [0.15, 0.2) is 0 Å². The first-order valence-electron chi connectivity index (χ1n) is 9.22. The molecule has 0 fully saturated rings. The number of rotatable bonds is 8. The van der Waals surface area contributed by atoms with Crippen LogP contribution in [0.2, 0.25) is 5.02 Å². The highest BCUT2D eigenvalue weighted by molar-refractivity contribution is 6.31. The van der Waals surface area contributed by atoms with Gasteiger partial charge in [0.25, 0.3) is 0 Å². The van der Waals surface area contributed by atoms with E-state index < -0.39 is 0 Å². The Morgan fingerprint density at radius 1 is 0.862 bits per heavy atom. The van der Waals surface area contributed by atoms with Gasteiger partial charge in [0.2, 0.25) is 17.7 Å². The van der Waals surface area contributed by atoms with Crippen LogP contribution in [0.5, 0.6) is 0 Å². The molecule has 0 unspecified atom stereocenters. The largest absolute Gasteiger partial charge is 0.326 e. The highest BCUT2D eigenvalue weighted by Crippen LogP contribution is 2.20. The molecule has 0 radical (unpaired) electrons. The number of benzene rings is 2. The van der Waals surface area contributed by atoms with Gasteiger partial charge in [-0.3, -0.25) is 19.3 Å². The predicted molar refractivity (Wildman–Crippen MR) is 116 cm³/mol. The van der Waals surface area contributed by atoms with E-state index in [1.165, 1.54) is 6.92 Å². The number of halogens is 1. The van der Waals surface area contributed by atoms with E-state index in [9.17, 15) is 14.4 Å². The van der Waals surface area contributed by atoms with Crippen molar-refractivity contribution in [3.05, 3.63) is 53.1 Å². The summed E-state index contributed by atoms with van der Waals surface area (Å²) < 4.78 is 0. The molecule has 0 heterocycles. The fraction of sp³-hybridized carbons (Fsp3) is 0.286. The number of carbonyl (C=O) groups excluding carboxylic acids is 3. The Balaban J connectivity index is 1.86. The van der Waals surface area contributed by atoms with Crippen LogP contribution >= 0.6 is 11.6 Å². The SMILES string of the molecule is CCN(CC(=O)Nc1ccc(NC(C)=O)cc1)CC(=O)Nc1ccc(C)c(Cl)c1. The molecule has 0 aliphatic heterocycles. The van der Waals surface area contributed by atoms with Crippen molar-refractivity contribution in [2.24, 2.45) is 0 Å². The molecule has 29 heavy (non-hydrogen) atoms. The summed E-state index contributed by atoms with van der Waals surface area (Å²) in [5, 5.41) is 8.81. The third kappa shape index (κ3) is 7.56. The Kier molecular flexibility index (Phi) is 8.18. The molecule has 0 saturated carbocycles. The maximum Gasteiger partial charge on any atom is 0.238 e. The Morgan fingerprint density at radius 2 is 1.34 bits per heavy atom. The minimum atomic E-state index is -0.231. The van der Waals surface area contributed by atoms with Gasteiger partial charge in [-0.15, -0.1) is 0 Å². The molecule has 0 aliphatic carbocycles. The van der Waals surface area contributed by atoms with Gasteiger partial charge < -0.3 is 16.0 Å². The summed E-state index contributed by atoms with van der Waals surface area (Å²) in [5.41, 5.74) is 2.81. The monoisotopic (exact) mass is 416 g/mol. The Labute approximate surface area is 175 Å². The second-order valence-electron chi connectivity index (χ2n) is 6.62. The van der Waals surface area contributed by atoms with Crippen LogP contribution in [0, 0.1) is 6.92 Å². The van der Waals surface area contributed by atoms with Gasteiger partial charge in [-0.05, 0) is 55.4 Å². The first-order chi connectivity index (χ1) is 13.8. The normalized spacial score (nSPS) is 10.5. The molecule has 0 aliphatic rings. The number of carbonyl (C=O) groups is 3. The van der Waals surface area contributed by atoms with Crippen LogP contribution in [0.1, 0.15) is 19.4 Å². The average Bonchev–Trinajstić information content (AvgIpc) is 2.65. The lowest BCUT2D eigenvalue weighted by Gasteiger charge is -2.19. The molecular weight excluding hydrogens is 392 g/mol. The molecule has 0 bridgehead atoms. The molecule has 0 saturated heterocycles. The fourth-order valence-corrected chi connectivity index (χ4v) is 2.78. The van der Waals surface area contributed by atoms with Crippen LogP contribution in [-0.2, 0) is 14.4 Å². The molecule has 0 spiro atoms. The maximum atomic E-state index is 12.3. The van der Waals surface area contributed by atoms with E-state index in [0.29, 0.717) is 28.6 Å². The minimum Gasteiger partial charge on any atom is -0.326 e. The van der Waals surface area contributed by atoms with Crippen LogP contribution in [0.4, 0.5) is 17.1 Å². The second-order valence-corrected chi connectivity index (χ2v) is 7.03. The predicted octanol–water partition coefficient (Wildman–Crippen LogP) is 3.51. The van der Waals surface area contributed by atoms with Crippen molar-refractivity contribution in [2.45, 2.75) is 20.8 Å². The van der Waals surface area contributed by atoms with Crippen molar-refractivity contribution in [3.8, 4) is 0 Å². The fourth-order valence-electron chi connectivity index (χ4n) is 2.60. The summed E-state index contributed by atoms with van der Waals surface area (Å²) in [6, 6.07) is 12.1. The summed E-state index contributed by atoms with van der Waals surface area (Å²) in [6.07, 6.45) is 0. The van der Waals surface area contributed by atoms with Crippen molar-refractivity contribution < 1.29 is 14.4 Å². The lowest BCUT2D eigenvalue weighted by atomic mass is 10.2. The van der Waals surface area contributed by atoms with E-state index in [1.54, 1.807) is 41.3 Å². The van der Waals surface area contributed by atoms with E-state index >= 15 is 0 Å². The lowest BCUT2D eigenvalue weighted by Crippen LogP contribution is -2.38. The van der Waals surface area contributed by atoms with Crippen LogP contribution in [0.3, 0.4) is 0 Å². The zero-order valence-electron chi connectivity index (χ0n) is 16.7. The van der Waals surface area contributed by atoms with Gasteiger partial charge in [-0.2, -0.15) is 0 Å². The molecule has 7 nitrogen and oxygen atoms in total. The summed E-state index contributed by atoms with van der Waals surface area (Å²) >= 11 is 6.08. The van der Waals surface area contributed by atoms with Crippen molar-refractivity contribution >= 4 is 46.4 Å². The quantitative estimate of drug-likeness (QED) is 0.614. The van der Waals surface area contributed by atoms with Crippen molar-refractivity contribution in [3.63, 3.8) is 0 Å². The van der Waals surface area contributed by atoms with E-state index in [0.717, 1.165) is 5.56 Å². The average molecular weight is 417 g/mol. The third-order valence-electron chi connectivity index (χ3n) is 4.13. The van der Waals surface area contributed by atoms with Crippen molar-refractivity contribution in [1.29, 1.82) is 0 Å². The zero-order valence-corrected chi connectivity index (χ0v) is 17.5. The summed E-state index contributed by atoms with van der Waals surface area (Å²) in [4.78, 5) is 37.3. The maximum absolute atomic E-state index is 12.3. The van der Waals surface area contributed by atoms with Gasteiger partial charge in [0, 0.05) is 29.0 Å². The van der Waals surface area contributed by atoms with E-state index in [4.69, 9.17) is 11.6 Å². The summed E-state index contributed by atoms with van der Waals surface area (Å²) in [7, 11) is 0. The van der Waals surface area contributed by atoms with Crippen molar-refractivity contribution in [1.82, 2.24) is 4.90 Å². The van der Waals surface area contributed by atoms with Crippen molar-refractivity contribution in [2.75, 3.05) is 35.6 Å². The molecule has 2 rings (SSSR count). The number of anilines is 3. The molecule has 3 N–H and O–H groups in total. The first-order valence-corrected chi connectivity index (χ1v) is 9.60. The Hall–Kier alpha value is -2.90. The molecule has 2 aromatic carbocycles. The minimum absolute atomic E-state index is 0.0754. The number of hydrogen-bond acceptors (Lipinski definition) is 4. The second kappa shape index (κ2) is 10.6. The van der Waals surface area contributed by atoms with Gasteiger partial charge in [0.05, 0.1) is 13.1 Å². The number of amides is 3. The van der Waals surface area contributed by atoms with Gasteiger partial charge >= 0.3 is 0 Å². The lowest BCUT2D eigenvalue weighted by molar-refractivity contribution is -0.120. The molecule has 0 aromatic heterocycles. The van der Waals surface area contributed by atoms with E-state index in [1.807, 2.05) is 19.9 Å². The first kappa shape index (κ1) is 22.4. The van der Waals surface area contributed by atoms with Gasteiger partial charge in [-0.1, -0.05) is 24.6 Å². The Morgan fingerprint density at radius 3 is 1.83 bits per heavy atom. The van der Waals surface area contributed by atoms with Gasteiger partial charge in [-0.25, -0.2) is 0 Å². The highest BCUT2D eigenvalue weighted by Gasteiger charge is 2.14. The number of nitrogens with zero attached hydrogens (tertiary/aromatic N) is 1. The van der Waals surface area contributed by atoms with E-state index in [2.05, 4.69) is 16.0 Å². The number of aryl methyl sites for hydroxylation is 1. The number of hydrogen-bond donors (Lipinski definition) is 3. The van der Waals surface area contributed by atoms with Crippen LogP contribution in [0.25, 0.3) is 0 Å². The molecule has 8 heteroatoms. The highest BCUT2D eigenvalue weighted by atomic mass is 35.5. The van der Waals surface area contributed by atoms with Crippen LogP contribution < -0.4 is 16.0 Å². The van der Waals surface area contributed by atoms with Gasteiger partial charge in [0.1, 0.15) is 0 Å². The molecule has 2 aromatic rings. The van der Waals surface area contributed by atoms with E-state index in [-0.39, 0.29) is 30.8 Å². The van der Waals surface area contributed by atoms with Crippen LogP contribution in [-0.4, -0.2) is 42.3 Å².